The molecule has 4 unspecified atom stereocenters. The Balaban J connectivity index is 1.71. The van der Waals surface area contributed by atoms with Crippen molar-refractivity contribution in [2.75, 3.05) is 20.6 Å². The van der Waals surface area contributed by atoms with Gasteiger partial charge < -0.3 is 29.5 Å². The van der Waals surface area contributed by atoms with Crippen molar-refractivity contribution in [1.29, 1.82) is 0 Å². The molecule has 2 aliphatic heterocycles. The quantitative estimate of drug-likeness (QED) is 0.508. The molecular formula is C15H20N2O6. The average molecular weight is 324 g/mol. The smallest absolute Gasteiger partial charge is 0.231 e. The largest absolute Gasteiger partial charge is 0.454 e. The number of ether oxygens (including phenoxy) is 3. The van der Waals surface area contributed by atoms with Gasteiger partial charge in [-0.15, -0.1) is 0 Å². The molecule has 4 N–H and O–H groups in total. The van der Waals surface area contributed by atoms with E-state index in [2.05, 4.69) is 5.43 Å². The third-order valence-corrected chi connectivity index (χ3v) is 4.76. The van der Waals surface area contributed by atoms with E-state index >= 15 is 0 Å². The standard InChI is InChI=1S/C15H20N2O6/c1-17-5-21-15-11(16-17)10(12(18)13(19)14(15)20)7-2-3-8-9(4-7)23-6-22-8/h2-4,10-16,18-20H,5-6H2,1H3/t10?,11-,12?,13+,14?,15?/m1/s1. The van der Waals surface area contributed by atoms with E-state index in [0.717, 1.165) is 5.56 Å². The Morgan fingerprint density at radius 1 is 1.09 bits per heavy atom. The molecular weight excluding hydrogens is 304 g/mol. The van der Waals surface area contributed by atoms with Crippen LogP contribution in [-0.2, 0) is 4.74 Å². The Hall–Kier alpha value is -1.42. The predicted molar refractivity (Wildman–Crippen MR) is 77.8 cm³/mol. The zero-order valence-electron chi connectivity index (χ0n) is 12.6. The van der Waals surface area contributed by atoms with Gasteiger partial charge in [-0.2, -0.15) is 0 Å². The number of hydrogen-bond acceptors (Lipinski definition) is 8. The van der Waals surface area contributed by atoms with Crippen LogP contribution < -0.4 is 14.9 Å². The Kier molecular flexibility index (Phi) is 3.67. The minimum atomic E-state index is -1.28. The molecule has 0 spiro atoms. The second-order valence-electron chi connectivity index (χ2n) is 6.22. The fourth-order valence-electron chi connectivity index (χ4n) is 3.61. The van der Waals surface area contributed by atoms with E-state index in [-0.39, 0.29) is 19.6 Å². The van der Waals surface area contributed by atoms with Gasteiger partial charge in [-0.1, -0.05) is 6.07 Å². The van der Waals surface area contributed by atoms with Crippen LogP contribution in [0.4, 0.5) is 0 Å². The summed E-state index contributed by atoms with van der Waals surface area (Å²) in [7, 11) is 1.82. The molecule has 1 aromatic rings. The number of aliphatic hydroxyl groups is 3. The van der Waals surface area contributed by atoms with Crippen molar-refractivity contribution in [3.63, 3.8) is 0 Å². The summed E-state index contributed by atoms with van der Waals surface area (Å²) < 4.78 is 16.4. The topological polar surface area (TPSA) is 104 Å². The Morgan fingerprint density at radius 2 is 1.87 bits per heavy atom. The number of fused-ring (bicyclic) bond motifs is 2. The molecule has 3 aliphatic rings. The summed E-state index contributed by atoms with van der Waals surface area (Å²) in [6.07, 6.45) is -4.17. The maximum absolute atomic E-state index is 10.5. The zero-order valence-corrected chi connectivity index (χ0v) is 12.6. The summed E-state index contributed by atoms with van der Waals surface area (Å²) in [6.45, 7) is 0.457. The van der Waals surface area contributed by atoms with Crippen LogP contribution in [0, 0.1) is 0 Å². The van der Waals surface area contributed by atoms with Gasteiger partial charge in [-0.3, -0.25) is 0 Å². The van der Waals surface area contributed by atoms with Crippen LogP contribution in [0.1, 0.15) is 11.5 Å². The molecule has 8 heteroatoms. The second-order valence-corrected chi connectivity index (χ2v) is 6.22. The minimum absolute atomic E-state index is 0.170. The van der Waals surface area contributed by atoms with E-state index in [4.69, 9.17) is 14.2 Å². The number of hydrogen-bond donors (Lipinski definition) is 4. The average Bonchev–Trinajstić information content (AvgIpc) is 3.00. The number of nitrogens with one attached hydrogen (secondary N) is 1. The number of rotatable bonds is 1. The van der Waals surface area contributed by atoms with Crippen LogP contribution in [-0.4, -0.2) is 71.4 Å². The van der Waals surface area contributed by atoms with Gasteiger partial charge in [0.15, 0.2) is 11.5 Å². The SMILES string of the molecule is CN1COC2C(O)[C@@H](O)C(O)C(c3ccc4c(c3)OCO4)[C@H]2N1. The van der Waals surface area contributed by atoms with E-state index in [1.165, 1.54) is 0 Å². The van der Waals surface area contributed by atoms with Crippen LogP contribution in [0.5, 0.6) is 11.5 Å². The zero-order chi connectivity index (χ0) is 16.1. The molecule has 8 nitrogen and oxygen atoms in total. The van der Waals surface area contributed by atoms with Gasteiger partial charge in [0.25, 0.3) is 0 Å². The molecule has 2 fully saturated rings. The third-order valence-electron chi connectivity index (χ3n) is 4.76. The summed E-state index contributed by atoms with van der Waals surface area (Å²) in [5, 5.41) is 32.7. The molecule has 1 saturated heterocycles. The van der Waals surface area contributed by atoms with E-state index in [0.29, 0.717) is 11.5 Å². The fraction of sp³-hybridized carbons (Fsp3) is 0.600. The lowest BCUT2D eigenvalue weighted by Crippen LogP contribution is -2.69. The third kappa shape index (κ3) is 2.38. The van der Waals surface area contributed by atoms with Crippen LogP contribution in [0.3, 0.4) is 0 Å². The summed E-state index contributed by atoms with van der Waals surface area (Å²) >= 11 is 0. The highest BCUT2D eigenvalue weighted by molar-refractivity contribution is 5.46. The number of nitrogens with zero attached hydrogens (tertiary/aromatic N) is 1. The lowest BCUT2D eigenvalue weighted by Gasteiger charge is -2.50. The van der Waals surface area contributed by atoms with Crippen molar-refractivity contribution >= 4 is 0 Å². The maximum atomic E-state index is 10.5. The molecule has 23 heavy (non-hydrogen) atoms. The van der Waals surface area contributed by atoms with Crippen LogP contribution in [0.2, 0.25) is 0 Å². The molecule has 1 saturated carbocycles. The number of benzene rings is 1. The molecule has 1 aromatic carbocycles. The lowest BCUT2D eigenvalue weighted by atomic mass is 9.73. The number of aliphatic hydroxyl groups excluding tert-OH is 3. The van der Waals surface area contributed by atoms with Crippen LogP contribution in [0.15, 0.2) is 18.2 Å². The Bertz CT molecular complexity index is 599. The van der Waals surface area contributed by atoms with E-state index in [9.17, 15) is 15.3 Å². The van der Waals surface area contributed by atoms with E-state index in [1.807, 2.05) is 13.1 Å². The molecule has 1 aliphatic carbocycles. The van der Waals surface area contributed by atoms with Crippen LogP contribution in [0.25, 0.3) is 0 Å². The van der Waals surface area contributed by atoms with Gasteiger partial charge >= 0.3 is 0 Å². The van der Waals surface area contributed by atoms with E-state index in [1.54, 1.807) is 17.1 Å². The maximum Gasteiger partial charge on any atom is 0.231 e. The first-order valence-electron chi connectivity index (χ1n) is 7.59. The lowest BCUT2D eigenvalue weighted by molar-refractivity contribution is -0.219. The summed E-state index contributed by atoms with van der Waals surface area (Å²) in [6, 6.07) is 5.04. The highest BCUT2D eigenvalue weighted by atomic mass is 16.7. The first-order chi connectivity index (χ1) is 11.1. The summed E-state index contributed by atoms with van der Waals surface area (Å²) in [5.41, 5.74) is 4.01. The highest BCUT2D eigenvalue weighted by Crippen LogP contribution is 2.41. The molecule has 0 amide bonds. The van der Waals surface area contributed by atoms with Crippen molar-refractivity contribution in [2.24, 2.45) is 0 Å². The monoisotopic (exact) mass is 324 g/mol. The normalized spacial score (nSPS) is 40.0. The highest BCUT2D eigenvalue weighted by Gasteiger charge is 2.52. The predicted octanol–water partition coefficient (Wildman–Crippen LogP) is -1.24. The van der Waals surface area contributed by atoms with Crippen molar-refractivity contribution in [3.05, 3.63) is 23.8 Å². The van der Waals surface area contributed by atoms with Crippen molar-refractivity contribution in [3.8, 4) is 11.5 Å². The summed E-state index contributed by atoms with van der Waals surface area (Å²) in [4.78, 5) is 0. The van der Waals surface area contributed by atoms with Gasteiger partial charge in [-0.05, 0) is 17.7 Å². The molecule has 0 aromatic heterocycles. The molecule has 0 bridgehead atoms. The Labute approximate surface area is 133 Å². The molecule has 126 valence electrons. The first-order valence-corrected chi connectivity index (χ1v) is 7.59. The van der Waals surface area contributed by atoms with Crippen molar-refractivity contribution in [2.45, 2.75) is 36.4 Å². The van der Waals surface area contributed by atoms with Gasteiger partial charge in [0.05, 0.1) is 12.1 Å². The number of hydrazine groups is 1. The van der Waals surface area contributed by atoms with Crippen molar-refractivity contribution < 1.29 is 29.5 Å². The molecule has 0 radical (unpaired) electrons. The van der Waals surface area contributed by atoms with E-state index < -0.39 is 30.3 Å². The van der Waals surface area contributed by atoms with Gasteiger partial charge in [0.2, 0.25) is 6.79 Å². The summed E-state index contributed by atoms with van der Waals surface area (Å²) in [5.74, 6) is 0.800. The molecule has 6 atom stereocenters. The van der Waals surface area contributed by atoms with Crippen LogP contribution >= 0.6 is 0 Å². The van der Waals surface area contributed by atoms with Gasteiger partial charge in [0.1, 0.15) is 25.0 Å². The fourth-order valence-corrected chi connectivity index (χ4v) is 3.61. The Morgan fingerprint density at radius 3 is 2.70 bits per heavy atom. The van der Waals surface area contributed by atoms with Gasteiger partial charge in [-0.25, -0.2) is 10.4 Å². The molecule has 2 heterocycles. The minimum Gasteiger partial charge on any atom is -0.454 e. The molecule has 4 rings (SSSR count). The van der Waals surface area contributed by atoms with Gasteiger partial charge in [0, 0.05) is 13.0 Å². The first kappa shape index (κ1) is 15.1. The van der Waals surface area contributed by atoms with Crippen molar-refractivity contribution in [1.82, 2.24) is 10.4 Å². The second kappa shape index (κ2) is 5.59.